The van der Waals surface area contributed by atoms with E-state index in [0.717, 1.165) is 0 Å². The third-order valence-corrected chi connectivity index (χ3v) is 8.72. The Hall–Kier alpha value is -3.10. The van der Waals surface area contributed by atoms with Gasteiger partial charge in [0.2, 0.25) is 5.91 Å². The number of hydrogen-bond acceptors (Lipinski definition) is 9. The van der Waals surface area contributed by atoms with E-state index in [2.05, 4.69) is 11.8 Å². The number of likely N-dealkylation sites (N-methyl/N-ethyl adjacent to an activating group) is 1. The van der Waals surface area contributed by atoms with E-state index >= 15 is 0 Å². The Morgan fingerprint density at radius 2 is 1.77 bits per heavy atom. The molecule has 3 unspecified atom stereocenters. The van der Waals surface area contributed by atoms with Crippen LogP contribution < -0.4 is 5.73 Å². The topological polar surface area (TPSA) is 161 Å². The van der Waals surface area contributed by atoms with Crippen LogP contribution in [-0.2, 0) is 26.2 Å². The molecule has 0 bridgehead atoms. The van der Waals surface area contributed by atoms with Crippen LogP contribution >= 0.6 is 0 Å². The molecule has 1 aromatic carbocycles. The molecule has 0 heterocycles. The molecule has 10 nitrogen and oxygen atoms in total. The number of fused-ring (bicyclic) bond motifs is 3. The van der Waals surface area contributed by atoms with Gasteiger partial charge in [-0.25, -0.2) is 0 Å². The number of hydrogen-bond donors (Lipinski definition) is 4. The average molecular weight is 554 g/mol. The first-order chi connectivity index (χ1) is 18.4. The first kappa shape index (κ1) is 29.9. The molecule has 0 spiro atoms. The van der Waals surface area contributed by atoms with Crippen LogP contribution in [0.5, 0.6) is 5.75 Å². The SMILES string of the molecule is CN(C)CC#Cc1cc(C(C)(C)C)c(O)c2c1C[C@@H]1C[C@@H]3[C@@H](N(C)C)C(O)C(C(N)=O)C(=O)[C@]3(O)C(=O)C1C2=O. The Morgan fingerprint density at radius 1 is 1.15 bits per heavy atom. The van der Waals surface area contributed by atoms with Crippen molar-refractivity contribution in [1.82, 2.24) is 9.80 Å². The maximum absolute atomic E-state index is 14.1. The number of amides is 1. The van der Waals surface area contributed by atoms with Gasteiger partial charge in [0, 0.05) is 23.1 Å². The van der Waals surface area contributed by atoms with Crippen LogP contribution in [0, 0.1) is 35.5 Å². The highest BCUT2D eigenvalue weighted by Crippen LogP contribution is 2.52. The smallest absolute Gasteiger partial charge is 0.230 e. The van der Waals surface area contributed by atoms with Crippen molar-refractivity contribution in [2.24, 2.45) is 29.4 Å². The van der Waals surface area contributed by atoms with Gasteiger partial charge in [-0.2, -0.15) is 0 Å². The van der Waals surface area contributed by atoms with Crippen LogP contribution in [0.2, 0.25) is 0 Å². The van der Waals surface area contributed by atoms with Gasteiger partial charge in [-0.1, -0.05) is 32.6 Å². The van der Waals surface area contributed by atoms with Crippen LogP contribution in [0.15, 0.2) is 6.07 Å². The fraction of sp³-hybridized carbons (Fsp3) is 0.600. The van der Waals surface area contributed by atoms with Crippen molar-refractivity contribution in [3.05, 3.63) is 28.3 Å². The average Bonchev–Trinajstić information content (AvgIpc) is 2.81. The first-order valence-electron chi connectivity index (χ1n) is 13.5. The summed E-state index contributed by atoms with van der Waals surface area (Å²) in [7, 11) is 7.00. The lowest BCUT2D eigenvalue weighted by Gasteiger charge is -2.54. The lowest BCUT2D eigenvalue weighted by molar-refractivity contribution is -0.190. The van der Waals surface area contributed by atoms with Crippen molar-refractivity contribution in [2.45, 2.75) is 56.8 Å². The van der Waals surface area contributed by atoms with Gasteiger partial charge in [-0.15, -0.1) is 0 Å². The van der Waals surface area contributed by atoms with E-state index in [1.807, 2.05) is 39.8 Å². The summed E-state index contributed by atoms with van der Waals surface area (Å²) >= 11 is 0. The van der Waals surface area contributed by atoms with Crippen LogP contribution in [0.4, 0.5) is 0 Å². The Morgan fingerprint density at radius 3 is 2.30 bits per heavy atom. The second-order valence-electron chi connectivity index (χ2n) is 12.9. The summed E-state index contributed by atoms with van der Waals surface area (Å²) in [6, 6.07) is 0.844. The van der Waals surface area contributed by atoms with Crippen molar-refractivity contribution in [1.29, 1.82) is 0 Å². The third kappa shape index (κ3) is 4.45. The number of aromatic hydroxyl groups is 1. The number of carbonyl (C=O) groups is 4. The van der Waals surface area contributed by atoms with E-state index in [1.54, 1.807) is 25.1 Å². The summed E-state index contributed by atoms with van der Waals surface area (Å²) in [5, 5.41) is 34.1. The Balaban J connectivity index is 1.91. The normalized spacial score (nSPS) is 31.8. The van der Waals surface area contributed by atoms with Gasteiger partial charge >= 0.3 is 0 Å². The van der Waals surface area contributed by atoms with Crippen molar-refractivity contribution < 1.29 is 34.5 Å². The highest BCUT2D eigenvalue weighted by atomic mass is 16.3. The van der Waals surface area contributed by atoms with Gasteiger partial charge in [-0.05, 0) is 64.0 Å². The quantitative estimate of drug-likeness (QED) is 0.295. The summed E-state index contributed by atoms with van der Waals surface area (Å²) in [6.07, 6.45) is -1.27. The predicted octanol–water partition coefficient (Wildman–Crippen LogP) is -0.131. The molecule has 0 radical (unpaired) electrons. The van der Waals surface area contributed by atoms with Crippen molar-refractivity contribution in [2.75, 3.05) is 34.7 Å². The maximum atomic E-state index is 14.1. The predicted molar refractivity (Wildman–Crippen MR) is 146 cm³/mol. The van der Waals surface area contributed by atoms with E-state index in [0.29, 0.717) is 23.2 Å². The molecule has 216 valence electrons. The number of rotatable bonds is 3. The van der Waals surface area contributed by atoms with Crippen molar-refractivity contribution >= 4 is 23.3 Å². The van der Waals surface area contributed by atoms with Gasteiger partial charge in [0.25, 0.3) is 0 Å². The molecule has 40 heavy (non-hydrogen) atoms. The Kier molecular flexibility index (Phi) is 7.52. The zero-order chi connectivity index (χ0) is 30.1. The molecule has 3 aliphatic carbocycles. The molecule has 0 saturated heterocycles. The molecule has 1 amide bonds. The molecular formula is C30H39N3O7. The van der Waals surface area contributed by atoms with E-state index in [-0.39, 0.29) is 24.2 Å². The number of phenolic OH excluding ortho intramolecular Hbond substituents is 1. The van der Waals surface area contributed by atoms with E-state index in [1.165, 1.54) is 0 Å². The Labute approximate surface area is 234 Å². The summed E-state index contributed by atoms with van der Waals surface area (Å²) in [5.41, 5.74) is 3.77. The molecule has 0 aromatic heterocycles. The lowest BCUT2D eigenvalue weighted by Crippen LogP contribution is -2.75. The molecule has 4 rings (SSSR count). The number of carbonyl (C=O) groups excluding carboxylic acids is 4. The van der Waals surface area contributed by atoms with Crippen LogP contribution in [-0.4, -0.2) is 101 Å². The third-order valence-electron chi connectivity index (χ3n) is 8.72. The number of ketones is 3. The standard InChI is InChI=1S/C30H39N3O7/c1-29(2,3)18-12-14(9-8-10-32(4)5)16-11-15-13-17-22(33(6)7)25(36)21(28(31)39)27(38)30(17,40)26(37)19(15)24(35)20(16)23(18)34/h12,15,17,19,21-22,25,34,36,40H,10-11,13H2,1-7H3,(H2,31,39)/t15-,17-,19?,21?,22-,25?,30-/m1/s1. The minimum atomic E-state index is -2.69. The molecule has 2 fully saturated rings. The van der Waals surface area contributed by atoms with Crippen LogP contribution in [0.25, 0.3) is 0 Å². The zero-order valence-electron chi connectivity index (χ0n) is 24.1. The van der Waals surface area contributed by atoms with Crippen molar-refractivity contribution in [3.63, 3.8) is 0 Å². The lowest BCUT2D eigenvalue weighted by atomic mass is 9.52. The van der Waals surface area contributed by atoms with E-state index < -0.39 is 70.1 Å². The maximum Gasteiger partial charge on any atom is 0.230 e. The van der Waals surface area contributed by atoms with Gasteiger partial charge in [-0.3, -0.25) is 24.1 Å². The minimum absolute atomic E-state index is 0.0165. The highest BCUT2D eigenvalue weighted by molar-refractivity contribution is 6.25. The number of benzene rings is 1. The summed E-state index contributed by atoms with van der Waals surface area (Å²) < 4.78 is 0. The van der Waals surface area contributed by atoms with Crippen LogP contribution in [0.1, 0.15) is 54.2 Å². The van der Waals surface area contributed by atoms with Gasteiger partial charge in [0.15, 0.2) is 23.0 Å². The Bertz CT molecular complexity index is 1350. The number of phenols is 1. The largest absolute Gasteiger partial charge is 0.507 e. The molecule has 7 atom stereocenters. The number of nitrogens with two attached hydrogens (primary N) is 1. The number of aliphatic hydroxyl groups is 2. The summed E-state index contributed by atoms with van der Waals surface area (Å²) in [6.45, 7) is 6.13. The molecule has 0 aliphatic heterocycles. The van der Waals surface area contributed by atoms with E-state index in [4.69, 9.17) is 5.73 Å². The molecule has 1 aromatic rings. The summed E-state index contributed by atoms with van der Waals surface area (Å²) in [4.78, 5) is 57.3. The minimum Gasteiger partial charge on any atom is -0.507 e. The second kappa shape index (κ2) is 10.1. The molecule has 3 aliphatic rings. The van der Waals surface area contributed by atoms with Gasteiger partial charge in [0.05, 0.1) is 24.1 Å². The molecular weight excluding hydrogens is 514 g/mol. The molecule has 5 N–H and O–H groups in total. The second-order valence-corrected chi connectivity index (χ2v) is 12.9. The van der Waals surface area contributed by atoms with Crippen molar-refractivity contribution in [3.8, 4) is 17.6 Å². The first-order valence-corrected chi connectivity index (χ1v) is 13.5. The van der Waals surface area contributed by atoms with Gasteiger partial charge in [0.1, 0.15) is 11.7 Å². The number of primary amides is 1. The highest BCUT2D eigenvalue weighted by Gasteiger charge is 2.69. The molecule has 2 saturated carbocycles. The van der Waals surface area contributed by atoms with Gasteiger partial charge < -0.3 is 26.0 Å². The number of aliphatic hydroxyl groups excluding tert-OH is 1. The summed E-state index contributed by atoms with van der Waals surface area (Å²) in [5.74, 6) is -2.92. The fourth-order valence-electron chi connectivity index (χ4n) is 6.87. The number of nitrogens with zero attached hydrogens (tertiary/aromatic N) is 2. The van der Waals surface area contributed by atoms with E-state index in [9.17, 15) is 34.5 Å². The van der Waals surface area contributed by atoms with Crippen LogP contribution in [0.3, 0.4) is 0 Å². The zero-order valence-corrected chi connectivity index (χ0v) is 24.1. The monoisotopic (exact) mass is 553 g/mol. The molecule has 10 heteroatoms. The number of Topliss-reactive ketones (excluding diaryl/α,β-unsaturated/α-hetero) is 3. The fourth-order valence-corrected chi connectivity index (χ4v) is 6.87.